The van der Waals surface area contributed by atoms with Gasteiger partial charge in [-0.05, 0) is 48.5 Å². The number of hydrogen-bond donors (Lipinski definition) is 0. The van der Waals surface area contributed by atoms with E-state index in [4.69, 9.17) is 0 Å². The van der Waals surface area contributed by atoms with Crippen LogP contribution in [-0.2, 0) is 0 Å². The van der Waals surface area contributed by atoms with Gasteiger partial charge in [0.1, 0.15) is 23.6 Å². The fraction of sp³-hybridized carbons (Fsp3) is 0.273. The van der Waals surface area contributed by atoms with Gasteiger partial charge in [-0.15, -0.1) is 0 Å². The van der Waals surface area contributed by atoms with Crippen molar-refractivity contribution in [3.63, 3.8) is 0 Å². The quantitative estimate of drug-likeness (QED) is 0.409. The summed E-state index contributed by atoms with van der Waals surface area (Å²) in [5.41, 5.74) is 0.619. The van der Waals surface area contributed by atoms with Gasteiger partial charge >= 0.3 is 0 Å². The van der Waals surface area contributed by atoms with Crippen molar-refractivity contribution in [1.29, 1.82) is 10.5 Å². The number of benzene rings is 2. The van der Waals surface area contributed by atoms with Crippen LogP contribution in [0.4, 0.5) is 11.4 Å². The molecule has 2 aromatic carbocycles. The van der Waals surface area contributed by atoms with E-state index in [0.717, 1.165) is 8.95 Å². The Hall–Kier alpha value is -2.28. The van der Waals surface area contributed by atoms with Crippen molar-refractivity contribution in [3.8, 4) is 12.1 Å². The van der Waals surface area contributed by atoms with Crippen molar-refractivity contribution in [2.75, 3.05) is 0 Å². The smallest absolute Gasteiger partial charge is 0.124 e. The van der Waals surface area contributed by atoms with E-state index in [0.29, 0.717) is 22.8 Å². The molecule has 0 aromatic heterocycles. The summed E-state index contributed by atoms with van der Waals surface area (Å²) < 4.78 is 1.89. The van der Waals surface area contributed by atoms with Crippen LogP contribution in [0.2, 0.25) is 0 Å². The highest BCUT2D eigenvalue weighted by Crippen LogP contribution is 2.42. The Bertz CT molecular complexity index is 903. The largest absolute Gasteiger partial charge is 0.242 e. The van der Waals surface area contributed by atoms with Crippen LogP contribution in [0.25, 0.3) is 0 Å². The van der Waals surface area contributed by atoms with Gasteiger partial charge in [0.05, 0.1) is 11.4 Å². The van der Waals surface area contributed by atoms with Crippen molar-refractivity contribution in [2.45, 2.75) is 27.7 Å². The highest BCUT2D eigenvalue weighted by atomic mass is 79.9. The minimum absolute atomic E-state index is 0.346. The summed E-state index contributed by atoms with van der Waals surface area (Å²) in [5, 5.41) is 19.6. The second kappa shape index (κ2) is 8.82. The molecule has 4 nitrogen and oxygen atoms in total. The van der Waals surface area contributed by atoms with Crippen LogP contribution in [0.5, 0.6) is 0 Å². The lowest BCUT2D eigenvalue weighted by molar-refractivity contribution is 0.290. The molecule has 0 aliphatic carbocycles. The molecule has 0 N–H and O–H groups in total. The number of hydrogen-bond acceptors (Lipinski definition) is 4. The number of rotatable bonds is 5. The van der Waals surface area contributed by atoms with Crippen molar-refractivity contribution in [2.24, 2.45) is 20.8 Å². The van der Waals surface area contributed by atoms with Gasteiger partial charge in [0.15, 0.2) is 0 Å². The first-order valence-electron chi connectivity index (χ1n) is 8.61. The van der Waals surface area contributed by atoms with Crippen LogP contribution < -0.4 is 0 Å². The Labute approximate surface area is 182 Å². The number of aliphatic imine (C=N–C) groups is 2. The lowest BCUT2D eigenvalue weighted by Crippen LogP contribution is -2.44. The summed E-state index contributed by atoms with van der Waals surface area (Å²) in [6.07, 6.45) is 0. The average Bonchev–Trinajstić information content (AvgIpc) is 2.66. The summed E-state index contributed by atoms with van der Waals surface area (Å²) in [5.74, 6) is 0. The summed E-state index contributed by atoms with van der Waals surface area (Å²) in [6, 6.07) is 19.3. The summed E-state index contributed by atoms with van der Waals surface area (Å²) in [4.78, 5) is 9.11. The Kier molecular flexibility index (Phi) is 6.93. The van der Waals surface area contributed by atoms with E-state index in [1.165, 1.54) is 0 Å². The Morgan fingerprint density at radius 3 is 1.21 bits per heavy atom. The van der Waals surface area contributed by atoms with Crippen molar-refractivity contribution >= 4 is 54.7 Å². The molecule has 0 unspecified atom stereocenters. The van der Waals surface area contributed by atoms with Crippen molar-refractivity contribution in [3.05, 3.63) is 57.5 Å². The van der Waals surface area contributed by atoms with Gasteiger partial charge in [0.25, 0.3) is 0 Å². The standard InChI is InChI=1S/C22H20Br2N4/c1-21(2,19(13-25)27-17-9-5-15(23)6-10-17)22(3,4)20(14-26)28-18-11-7-16(24)8-12-18/h5-12H,1-4H3. The van der Waals surface area contributed by atoms with Crippen LogP contribution in [0.1, 0.15) is 27.7 Å². The van der Waals surface area contributed by atoms with Crippen LogP contribution in [0.3, 0.4) is 0 Å². The maximum Gasteiger partial charge on any atom is 0.124 e. The molecule has 2 aromatic rings. The molecule has 0 fully saturated rings. The van der Waals surface area contributed by atoms with E-state index < -0.39 is 10.8 Å². The van der Waals surface area contributed by atoms with Crippen LogP contribution >= 0.6 is 31.9 Å². The predicted octanol–water partition coefficient (Wildman–Crippen LogP) is 7.16. The Morgan fingerprint density at radius 2 is 0.964 bits per heavy atom. The molecule has 28 heavy (non-hydrogen) atoms. The lowest BCUT2D eigenvalue weighted by atomic mass is 9.63. The third-order valence-corrected chi connectivity index (χ3v) is 6.15. The zero-order valence-electron chi connectivity index (χ0n) is 16.2. The maximum absolute atomic E-state index is 9.80. The van der Waals surface area contributed by atoms with Gasteiger partial charge < -0.3 is 0 Å². The van der Waals surface area contributed by atoms with Gasteiger partial charge in [-0.2, -0.15) is 10.5 Å². The molecule has 0 radical (unpaired) electrons. The van der Waals surface area contributed by atoms with E-state index in [1.807, 2.05) is 76.2 Å². The van der Waals surface area contributed by atoms with E-state index >= 15 is 0 Å². The molecule has 0 aliphatic rings. The first-order valence-corrected chi connectivity index (χ1v) is 10.2. The third-order valence-electron chi connectivity index (χ3n) is 5.09. The first kappa shape index (κ1) is 22.0. The molecule has 2 rings (SSSR count). The van der Waals surface area contributed by atoms with E-state index in [1.54, 1.807) is 0 Å². The molecule has 6 heteroatoms. The average molecular weight is 500 g/mol. The Morgan fingerprint density at radius 1 is 0.679 bits per heavy atom. The molecular weight excluding hydrogens is 480 g/mol. The molecule has 0 spiro atoms. The topological polar surface area (TPSA) is 72.3 Å². The molecule has 0 saturated heterocycles. The second-order valence-electron chi connectivity index (χ2n) is 7.35. The summed E-state index contributed by atoms with van der Waals surface area (Å²) in [6.45, 7) is 7.68. The second-order valence-corrected chi connectivity index (χ2v) is 9.18. The molecule has 0 saturated carbocycles. The predicted molar refractivity (Wildman–Crippen MR) is 121 cm³/mol. The minimum atomic E-state index is -0.723. The molecule has 0 amide bonds. The van der Waals surface area contributed by atoms with Gasteiger partial charge in [-0.1, -0.05) is 59.6 Å². The molecule has 0 aliphatic heterocycles. The van der Waals surface area contributed by atoms with Crippen LogP contribution in [0.15, 0.2) is 67.5 Å². The van der Waals surface area contributed by atoms with Gasteiger partial charge in [-0.25, -0.2) is 9.98 Å². The van der Waals surface area contributed by atoms with Gasteiger partial charge in [0.2, 0.25) is 0 Å². The fourth-order valence-electron chi connectivity index (χ4n) is 2.49. The molecular formula is C22H20Br2N4. The number of nitriles is 2. The number of halogens is 2. The zero-order valence-corrected chi connectivity index (χ0v) is 19.3. The van der Waals surface area contributed by atoms with Gasteiger partial charge in [0, 0.05) is 19.8 Å². The molecule has 0 heterocycles. The number of nitrogens with zero attached hydrogens (tertiary/aromatic N) is 4. The van der Waals surface area contributed by atoms with Crippen molar-refractivity contribution in [1.82, 2.24) is 0 Å². The monoisotopic (exact) mass is 498 g/mol. The normalized spacial score (nSPS) is 13.0. The SMILES string of the molecule is CC(C)(C(C#N)=Nc1ccc(Br)cc1)C(C)(C)C(C#N)=Nc1ccc(Br)cc1. The molecule has 0 bridgehead atoms. The van der Waals surface area contributed by atoms with E-state index in [9.17, 15) is 10.5 Å². The highest BCUT2D eigenvalue weighted by molar-refractivity contribution is 9.10. The molecule has 0 atom stereocenters. The zero-order chi connectivity index (χ0) is 20.9. The fourth-order valence-corrected chi connectivity index (χ4v) is 3.02. The minimum Gasteiger partial charge on any atom is -0.242 e. The van der Waals surface area contributed by atoms with Crippen molar-refractivity contribution < 1.29 is 0 Å². The Balaban J connectivity index is 2.49. The third kappa shape index (κ3) is 4.76. The first-order chi connectivity index (χ1) is 13.1. The van der Waals surface area contributed by atoms with E-state index in [2.05, 4.69) is 54.0 Å². The van der Waals surface area contributed by atoms with Gasteiger partial charge in [-0.3, -0.25) is 0 Å². The lowest BCUT2D eigenvalue weighted by Gasteiger charge is -2.39. The van der Waals surface area contributed by atoms with Crippen LogP contribution in [-0.4, -0.2) is 11.4 Å². The van der Waals surface area contributed by atoms with Crippen LogP contribution in [0, 0.1) is 33.5 Å². The van der Waals surface area contributed by atoms with E-state index in [-0.39, 0.29) is 0 Å². The maximum atomic E-state index is 9.80. The summed E-state index contributed by atoms with van der Waals surface area (Å²) in [7, 11) is 0. The summed E-state index contributed by atoms with van der Waals surface area (Å²) >= 11 is 6.79. The highest BCUT2D eigenvalue weighted by Gasteiger charge is 2.45. The molecule has 142 valence electrons.